The zero-order chi connectivity index (χ0) is 25.9. The zero-order valence-corrected chi connectivity index (χ0v) is 21.6. The smallest absolute Gasteiger partial charge is 0.159 e. The van der Waals surface area contributed by atoms with Gasteiger partial charge in [-0.05, 0) is 71.5 Å². The van der Waals surface area contributed by atoms with E-state index in [2.05, 4.69) is 140 Å². The molecular formula is C36H28N2. The number of hydrogen-bond donors (Lipinski definition) is 0. The molecular weight excluding hydrogens is 460 g/mol. The Morgan fingerprint density at radius 2 is 0.895 bits per heavy atom. The molecule has 0 N–H and O–H groups in total. The molecule has 5 aromatic carbocycles. The number of aryl methyl sites for hydroxylation is 2. The van der Waals surface area contributed by atoms with Crippen LogP contribution in [0.15, 0.2) is 134 Å². The summed E-state index contributed by atoms with van der Waals surface area (Å²) in [5.41, 5.74) is 12.6. The Hall–Kier alpha value is -4.82. The SMILES string of the molecule is Cc1ccc(-c2cccc(-c3ccnc(-c4cccc(-c5cccc(-c6cccc(C)c6)c5)c4)n3)c2)cc1. The van der Waals surface area contributed by atoms with E-state index in [1.165, 1.54) is 38.9 Å². The number of aromatic nitrogens is 2. The second-order valence-corrected chi connectivity index (χ2v) is 9.74. The summed E-state index contributed by atoms with van der Waals surface area (Å²) < 4.78 is 0. The molecule has 6 aromatic rings. The van der Waals surface area contributed by atoms with Gasteiger partial charge in [-0.1, -0.05) is 114 Å². The van der Waals surface area contributed by atoms with Crippen molar-refractivity contribution in [1.29, 1.82) is 0 Å². The fourth-order valence-electron chi connectivity index (χ4n) is 4.80. The molecule has 1 heterocycles. The van der Waals surface area contributed by atoms with E-state index in [0.29, 0.717) is 0 Å². The second-order valence-electron chi connectivity index (χ2n) is 9.74. The first-order valence-corrected chi connectivity index (χ1v) is 12.9. The molecule has 0 aliphatic carbocycles. The highest BCUT2D eigenvalue weighted by Crippen LogP contribution is 2.30. The van der Waals surface area contributed by atoms with E-state index >= 15 is 0 Å². The van der Waals surface area contributed by atoms with Crippen molar-refractivity contribution in [1.82, 2.24) is 9.97 Å². The number of hydrogen-bond acceptors (Lipinski definition) is 2. The van der Waals surface area contributed by atoms with Gasteiger partial charge in [-0.3, -0.25) is 0 Å². The van der Waals surface area contributed by atoms with Crippen molar-refractivity contribution in [2.75, 3.05) is 0 Å². The molecule has 182 valence electrons. The molecule has 1 aromatic heterocycles. The summed E-state index contributed by atoms with van der Waals surface area (Å²) in [6.45, 7) is 4.24. The van der Waals surface area contributed by atoms with Gasteiger partial charge in [-0.2, -0.15) is 0 Å². The molecule has 0 saturated carbocycles. The van der Waals surface area contributed by atoms with Crippen molar-refractivity contribution in [2.24, 2.45) is 0 Å². The molecule has 38 heavy (non-hydrogen) atoms. The van der Waals surface area contributed by atoms with E-state index in [4.69, 9.17) is 4.98 Å². The molecule has 0 spiro atoms. The Morgan fingerprint density at radius 1 is 0.395 bits per heavy atom. The molecule has 0 amide bonds. The van der Waals surface area contributed by atoms with Crippen LogP contribution in [0.1, 0.15) is 11.1 Å². The Balaban J connectivity index is 1.33. The Kier molecular flexibility index (Phi) is 6.37. The fraction of sp³-hybridized carbons (Fsp3) is 0.0556. The van der Waals surface area contributed by atoms with Gasteiger partial charge in [0.15, 0.2) is 5.82 Å². The predicted molar refractivity (Wildman–Crippen MR) is 159 cm³/mol. The number of nitrogens with zero attached hydrogens (tertiary/aromatic N) is 2. The van der Waals surface area contributed by atoms with E-state index in [9.17, 15) is 0 Å². The maximum absolute atomic E-state index is 4.96. The molecule has 6 rings (SSSR count). The van der Waals surface area contributed by atoms with Crippen LogP contribution >= 0.6 is 0 Å². The minimum atomic E-state index is 0.722. The second kappa shape index (κ2) is 10.3. The summed E-state index contributed by atoms with van der Waals surface area (Å²) >= 11 is 0. The lowest BCUT2D eigenvalue weighted by Crippen LogP contribution is -1.92. The van der Waals surface area contributed by atoms with Crippen molar-refractivity contribution < 1.29 is 0 Å². The van der Waals surface area contributed by atoms with Crippen LogP contribution in [-0.4, -0.2) is 9.97 Å². The molecule has 2 nitrogen and oxygen atoms in total. The van der Waals surface area contributed by atoms with Gasteiger partial charge in [-0.15, -0.1) is 0 Å². The minimum Gasteiger partial charge on any atom is -0.237 e. The van der Waals surface area contributed by atoms with Gasteiger partial charge >= 0.3 is 0 Å². The topological polar surface area (TPSA) is 25.8 Å². The summed E-state index contributed by atoms with van der Waals surface area (Å²) in [4.78, 5) is 9.58. The molecule has 0 aliphatic rings. The summed E-state index contributed by atoms with van der Waals surface area (Å²) in [6.07, 6.45) is 1.85. The van der Waals surface area contributed by atoms with Crippen LogP contribution in [0.3, 0.4) is 0 Å². The zero-order valence-electron chi connectivity index (χ0n) is 21.6. The van der Waals surface area contributed by atoms with Crippen molar-refractivity contribution in [3.05, 3.63) is 145 Å². The quantitative estimate of drug-likeness (QED) is 0.241. The predicted octanol–water partition coefficient (Wildman–Crippen LogP) is 9.43. The third kappa shape index (κ3) is 5.02. The van der Waals surface area contributed by atoms with Crippen LogP contribution in [-0.2, 0) is 0 Å². The third-order valence-electron chi connectivity index (χ3n) is 6.87. The summed E-state index contributed by atoms with van der Waals surface area (Å²) in [6, 6.07) is 45.0. The monoisotopic (exact) mass is 488 g/mol. The lowest BCUT2D eigenvalue weighted by molar-refractivity contribution is 1.18. The highest BCUT2D eigenvalue weighted by atomic mass is 14.9. The molecule has 0 unspecified atom stereocenters. The Bertz CT molecular complexity index is 1730. The van der Waals surface area contributed by atoms with Crippen molar-refractivity contribution >= 4 is 0 Å². The lowest BCUT2D eigenvalue weighted by Gasteiger charge is -2.10. The van der Waals surface area contributed by atoms with Crippen LogP contribution in [0.2, 0.25) is 0 Å². The van der Waals surface area contributed by atoms with Crippen molar-refractivity contribution in [3.8, 4) is 56.0 Å². The first-order chi connectivity index (χ1) is 18.6. The summed E-state index contributed by atoms with van der Waals surface area (Å²) in [7, 11) is 0. The molecule has 0 radical (unpaired) electrons. The molecule has 0 saturated heterocycles. The Morgan fingerprint density at radius 3 is 1.55 bits per heavy atom. The molecule has 0 aliphatic heterocycles. The van der Waals surface area contributed by atoms with Gasteiger partial charge in [0.05, 0.1) is 5.69 Å². The number of rotatable bonds is 5. The molecule has 0 atom stereocenters. The van der Waals surface area contributed by atoms with Crippen molar-refractivity contribution in [3.63, 3.8) is 0 Å². The first-order valence-electron chi connectivity index (χ1n) is 12.9. The third-order valence-corrected chi connectivity index (χ3v) is 6.87. The van der Waals surface area contributed by atoms with Crippen LogP contribution in [0.5, 0.6) is 0 Å². The number of benzene rings is 5. The summed E-state index contributed by atoms with van der Waals surface area (Å²) in [5.74, 6) is 0.722. The highest BCUT2D eigenvalue weighted by Gasteiger charge is 2.09. The lowest BCUT2D eigenvalue weighted by atomic mass is 9.97. The molecule has 0 fully saturated rings. The van der Waals surface area contributed by atoms with Gasteiger partial charge in [-0.25, -0.2) is 9.97 Å². The van der Waals surface area contributed by atoms with Gasteiger partial charge < -0.3 is 0 Å². The standard InChI is InChI=1S/C36H28N2/c1-25-15-17-27(18-16-25)29-9-5-13-33(23-29)35-19-20-37-36(38-35)34-14-6-12-32(24-34)31-11-4-10-30(22-31)28-8-3-7-26(2)21-28/h3-24H,1-2H3. The molecule has 0 bridgehead atoms. The van der Waals surface area contributed by atoms with E-state index in [-0.39, 0.29) is 0 Å². The van der Waals surface area contributed by atoms with Crippen molar-refractivity contribution in [2.45, 2.75) is 13.8 Å². The van der Waals surface area contributed by atoms with E-state index in [0.717, 1.165) is 28.2 Å². The van der Waals surface area contributed by atoms with E-state index in [1.807, 2.05) is 12.3 Å². The van der Waals surface area contributed by atoms with Gasteiger partial charge in [0.2, 0.25) is 0 Å². The van der Waals surface area contributed by atoms with E-state index < -0.39 is 0 Å². The van der Waals surface area contributed by atoms with Gasteiger partial charge in [0, 0.05) is 17.3 Å². The maximum atomic E-state index is 4.96. The maximum Gasteiger partial charge on any atom is 0.159 e. The van der Waals surface area contributed by atoms with Crippen LogP contribution in [0.25, 0.3) is 56.0 Å². The Labute approximate surface area is 224 Å². The van der Waals surface area contributed by atoms with Gasteiger partial charge in [0.1, 0.15) is 0 Å². The van der Waals surface area contributed by atoms with E-state index in [1.54, 1.807) is 0 Å². The first kappa shape index (κ1) is 23.6. The normalized spacial score (nSPS) is 10.9. The average Bonchev–Trinajstić information content (AvgIpc) is 2.98. The minimum absolute atomic E-state index is 0.722. The highest BCUT2D eigenvalue weighted by molar-refractivity contribution is 5.77. The van der Waals surface area contributed by atoms with Crippen LogP contribution < -0.4 is 0 Å². The summed E-state index contributed by atoms with van der Waals surface area (Å²) in [5, 5.41) is 0. The molecule has 2 heteroatoms. The van der Waals surface area contributed by atoms with Crippen LogP contribution in [0, 0.1) is 13.8 Å². The fourth-order valence-corrected chi connectivity index (χ4v) is 4.80. The van der Waals surface area contributed by atoms with Crippen LogP contribution in [0.4, 0.5) is 0 Å². The largest absolute Gasteiger partial charge is 0.237 e. The van der Waals surface area contributed by atoms with Gasteiger partial charge in [0.25, 0.3) is 0 Å². The average molecular weight is 489 g/mol.